The first-order valence-corrected chi connectivity index (χ1v) is 7.83. The molecule has 7 nitrogen and oxygen atoms in total. The molecule has 0 unspecified atom stereocenters. The molecule has 0 radical (unpaired) electrons. The lowest BCUT2D eigenvalue weighted by Gasteiger charge is -2.25. The Hall–Kier alpha value is -1.89. The Labute approximate surface area is 125 Å². The molecule has 22 heavy (non-hydrogen) atoms. The van der Waals surface area contributed by atoms with Crippen molar-refractivity contribution in [1.29, 1.82) is 0 Å². The molecule has 6 N–H and O–H groups in total. The van der Waals surface area contributed by atoms with Crippen LogP contribution in [-0.2, 0) is 16.8 Å². The lowest BCUT2D eigenvalue weighted by molar-refractivity contribution is -0.167. The van der Waals surface area contributed by atoms with E-state index in [0.29, 0.717) is 5.56 Å². The third kappa shape index (κ3) is 3.65. The summed E-state index contributed by atoms with van der Waals surface area (Å²) in [4.78, 5) is 18.6. The molecule has 2 rings (SSSR count). The molecule has 0 spiro atoms. The summed E-state index contributed by atoms with van der Waals surface area (Å²) in [5.74, 6) is -3.07. The van der Waals surface area contributed by atoms with Crippen LogP contribution in [-0.4, -0.2) is 30.2 Å². The van der Waals surface area contributed by atoms with E-state index < -0.39 is 36.4 Å². The highest BCUT2D eigenvalue weighted by Gasteiger charge is 2.35. The minimum absolute atomic E-state index is 0.0748. The fourth-order valence-corrected chi connectivity index (χ4v) is 3.01. The molecule has 2 aromatic rings. The first kappa shape index (κ1) is 16.5. The number of rotatable bonds is 4. The summed E-state index contributed by atoms with van der Waals surface area (Å²) in [6.45, 7) is 0. The first-order valence-electron chi connectivity index (χ1n) is 6.22. The molecule has 0 aromatic heterocycles. The molecule has 0 amide bonds. The number of aliphatic hydroxyl groups is 2. The van der Waals surface area contributed by atoms with Crippen LogP contribution in [0.1, 0.15) is 11.1 Å². The van der Waals surface area contributed by atoms with Crippen LogP contribution in [0, 0.1) is 0 Å². The second-order valence-corrected chi connectivity index (χ2v) is 6.48. The summed E-state index contributed by atoms with van der Waals surface area (Å²) in [5.41, 5.74) is -0.0586. The maximum atomic E-state index is 11.5. The van der Waals surface area contributed by atoms with Crippen LogP contribution in [0.15, 0.2) is 42.5 Å². The Kier molecular flexibility index (Phi) is 4.28. The lowest BCUT2D eigenvalue weighted by atomic mass is 9.97. The van der Waals surface area contributed by atoms with Crippen molar-refractivity contribution in [2.75, 3.05) is 0 Å². The Morgan fingerprint density at radius 3 is 2.18 bits per heavy atom. The van der Waals surface area contributed by atoms with Gasteiger partial charge >= 0.3 is 7.60 Å². The van der Waals surface area contributed by atoms with E-state index in [4.69, 9.17) is 0 Å². The van der Waals surface area contributed by atoms with Crippen molar-refractivity contribution in [3.05, 3.63) is 53.6 Å². The zero-order valence-corrected chi connectivity index (χ0v) is 12.2. The lowest BCUT2D eigenvalue weighted by Crippen LogP contribution is -2.33. The number of phenols is 2. The second kappa shape index (κ2) is 5.72. The van der Waals surface area contributed by atoms with E-state index in [0.717, 1.165) is 18.2 Å². The molecule has 0 bridgehead atoms. The van der Waals surface area contributed by atoms with Gasteiger partial charge in [-0.05, 0) is 35.9 Å². The van der Waals surface area contributed by atoms with Crippen LogP contribution in [0.3, 0.4) is 0 Å². The molecule has 2 aromatic carbocycles. The fraction of sp³-hybridized carbons (Fsp3) is 0.143. The molecular formula is C14H15O7P. The normalized spacial score (nSPS) is 12.4. The predicted molar refractivity (Wildman–Crippen MR) is 77.7 cm³/mol. The Morgan fingerprint density at radius 2 is 1.59 bits per heavy atom. The van der Waals surface area contributed by atoms with Gasteiger partial charge in [-0.25, -0.2) is 0 Å². The van der Waals surface area contributed by atoms with E-state index in [9.17, 15) is 34.8 Å². The van der Waals surface area contributed by atoms with Crippen molar-refractivity contribution in [3.63, 3.8) is 0 Å². The maximum Gasteiger partial charge on any atom is 0.356 e. The predicted octanol–water partition coefficient (Wildman–Crippen LogP) is 0.281. The molecule has 0 aliphatic heterocycles. The van der Waals surface area contributed by atoms with Gasteiger partial charge in [0.25, 0.3) is 0 Å². The van der Waals surface area contributed by atoms with E-state index in [1.807, 2.05) is 0 Å². The van der Waals surface area contributed by atoms with Gasteiger partial charge in [0, 0.05) is 12.0 Å². The number of phenolic OH excluding ortho intramolecular Hbond substituents is 2. The summed E-state index contributed by atoms with van der Waals surface area (Å²) in [5, 5.41) is 38.5. The van der Waals surface area contributed by atoms with E-state index in [1.165, 1.54) is 24.3 Å². The minimum Gasteiger partial charge on any atom is -0.508 e. The van der Waals surface area contributed by atoms with Crippen molar-refractivity contribution in [2.24, 2.45) is 0 Å². The van der Waals surface area contributed by atoms with Crippen molar-refractivity contribution in [1.82, 2.24) is 0 Å². The van der Waals surface area contributed by atoms with Crippen molar-refractivity contribution < 1.29 is 34.8 Å². The molecule has 0 atom stereocenters. The Balaban J connectivity index is 2.47. The summed E-state index contributed by atoms with van der Waals surface area (Å²) < 4.78 is 11.5. The smallest absolute Gasteiger partial charge is 0.356 e. The molecule has 0 fully saturated rings. The van der Waals surface area contributed by atoms with Crippen molar-refractivity contribution in [3.8, 4) is 11.5 Å². The molecule has 8 heteroatoms. The molecule has 118 valence electrons. The highest BCUT2D eigenvalue weighted by Crippen LogP contribution is 2.39. The van der Waals surface area contributed by atoms with Crippen LogP contribution in [0.2, 0.25) is 0 Å². The minimum atomic E-state index is -4.82. The van der Waals surface area contributed by atoms with Crippen LogP contribution in [0.5, 0.6) is 11.5 Å². The summed E-state index contributed by atoms with van der Waals surface area (Å²) in [6, 6.07) is 8.66. The summed E-state index contributed by atoms with van der Waals surface area (Å²) in [7, 11) is -4.82. The number of hydrogen-bond acceptors (Lipinski definition) is 5. The van der Waals surface area contributed by atoms with Gasteiger partial charge in [-0.3, -0.25) is 4.57 Å². The standard InChI is InChI=1S/C14H15O7P/c15-10-3-1-2-9(6-10)8-14(17,18)12-5-4-11(16)7-13(12)22(19,20)21/h1-7,15-18H,8H2,(H2,19,20,21). The Morgan fingerprint density at radius 1 is 0.955 bits per heavy atom. The average Bonchev–Trinajstić information content (AvgIpc) is 2.36. The topological polar surface area (TPSA) is 138 Å². The second-order valence-electron chi connectivity index (χ2n) is 4.91. The zero-order chi connectivity index (χ0) is 16.5. The van der Waals surface area contributed by atoms with Crippen LogP contribution < -0.4 is 5.30 Å². The zero-order valence-electron chi connectivity index (χ0n) is 11.3. The van der Waals surface area contributed by atoms with Crippen LogP contribution >= 0.6 is 7.60 Å². The fourth-order valence-electron chi connectivity index (χ4n) is 2.15. The van der Waals surface area contributed by atoms with Crippen LogP contribution in [0.25, 0.3) is 0 Å². The van der Waals surface area contributed by atoms with Gasteiger partial charge in [0.2, 0.25) is 0 Å². The first-order chi connectivity index (χ1) is 10.1. The van der Waals surface area contributed by atoms with Gasteiger partial charge in [0.1, 0.15) is 11.5 Å². The van der Waals surface area contributed by atoms with Gasteiger partial charge < -0.3 is 30.2 Å². The van der Waals surface area contributed by atoms with Crippen molar-refractivity contribution >= 4 is 12.9 Å². The number of aromatic hydroxyl groups is 2. The van der Waals surface area contributed by atoms with E-state index in [2.05, 4.69) is 0 Å². The molecular weight excluding hydrogens is 311 g/mol. The SMILES string of the molecule is O=P(O)(O)c1cc(O)ccc1C(O)(O)Cc1cccc(O)c1. The van der Waals surface area contributed by atoms with E-state index in [1.54, 1.807) is 0 Å². The summed E-state index contributed by atoms with van der Waals surface area (Å²) >= 11 is 0. The highest BCUT2D eigenvalue weighted by atomic mass is 31.2. The summed E-state index contributed by atoms with van der Waals surface area (Å²) in [6.07, 6.45) is -0.404. The highest BCUT2D eigenvalue weighted by molar-refractivity contribution is 7.60. The third-order valence-electron chi connectivity index (χ3n) is 3.09. The molecule has 0 aliphatic carbocycles. The molecule has 0 saturated heterocycles. The van der Waals surface area contributed by atoms with Gasteiger partial charge in [0.15, 0.2) is 5.79 Å². The van der Waals surface area contributed by atoms with E-state index in [-0.39, 0.29) is 5.75 Å². The molecule has 0 heterocycles. The quantitative estimate of drug-likeness (QED) is 0.350. The van der Waals surface area contributed by atoms with Gasteiger partial charge in [-0.2, -0.15) is 0 Å². The molecule has 0 aliphatic rings. The molecule has 0 saturated carbocycles. The van der Waals surface area contributed by atoms with Gasteiger partial charge in [0.05, 0.1) is 5.30 Å². The number of hydrogen-bond donors (Lipinski definition) is 6. The maximum absolute atomic E-state index is 11.5. The Bertz CT molecular complexity index is 736. The monoisotopic (exact) mass is 326 g/mol. The average molecular weight is 326 g/mol. The largest absolute Gasteiger partial charge is 0.508 e. The third-order valence-corrected chi connectivity index (χ3v) is 4.09. The van der Waals surface area contributed by atoms with Crippen molar-refractivity contribution in [2.45, 2.75) is 12.2 Å². The number of benzene rings is 2. The van der Waals surface area contributed by atoms with Crippen LogP contribution in [0.4, 0.5) is 0 Å². The van der Waals surface area contributed by atoms with Gasteiger partial charge in [-0.15, -0.1) is 0 Å². The van der Waals surface area contributed by atoms with Gasteiger partial charge in [-0.1, -0.05) is 12.1 Å². The van der Waals surface area contributed by atoms with E-state index >= 15 is 0 Å².